The molecule has 17 heavy (non-hydrogen) atoms. The Morgan fingerprint density at radius 2 is 2.00 bits per heavy atom. The maximum atomic E-state index is 12.7. The van der Waals surface area contributed by atoms with Gasteiger partial charge in [0.25, 0.3) is 5.82 Å². The number of halogens is 2. The van der Waals surface area contributed by atoms with E-state index >= 15 is 0 Å². The number of nitrogens with one attached hydrogen (secondary N) is 1. The second-order valence-electron chi connectivity index (χ2n) is 3.43. The van der Waals surface area contributed by atoms with Gasteiger partial charge in [0.15, 0.2) is 5.69 Å². The normalized spacial score (nSPS) is 10.9. The van der Waals surface area contributed by atoms with Crippen LogP contribution < -0.4 is 10.7 Å². The minimum atomic E-state index is -0.266. The van der Waals surface area contributed by atoms with Crippen molar-refractivity contribution in [2.45, 2.75) is 0 Å². The second kappa shape index (κ2) is 5.05. The SMILES string of the molecule is Nc1[nH+]cc(Br)cc1N=Cc1ccc(F)cc1. The van der Waals surface area contributed by atoms with E-state index in [0.29, 0.717) is 11.5 Å². The molecule has 0 unspecified atom stereocenters. The minimum absolute atomic E-state index is 0.266. The van der Waals surface area contributed by atoms with E-state index in [4.69, 9.17) is 5.73 Å². The molecule has 0 fully saturated rings. The van der Waals surface area contributed by atoms with Crippen LogP contribution in [-0.2, 0) is 0 Å². The molecular weight excluding hydrogens is 285 g/mol. The zero-order valence-corrected chi connectivity index (χ0v) is 10.4. The number of aromatic amines is 1. The zero-order valence-electron chi connectivity index (χ0n) is 8.82. The molecule has 2 rings (SSSR count). The van der Waals surface area contributed by atoms with Crippen LogP contribution in [0.3, 0.4) is 0 Å². The van der Waals surface area contributed by atoms with Crippen molar-refractivity contribution in [1.82, 2.24) is 0 Å². The first kappa shape index (κ1) is 11.7. The number of rotatable bonds is 2. The number of nitrogens with zero attached hydrogens (tertiary/aromatic N) is 1. The van der Waals surface area contributed by atoms with Gasteiger partial charge in [-0.1, -0.05) is 12.1 Å². The number of nitrogen functional groups attached to an aromatic ring is 1. The molecule has 1 aromatic carbocycles. The lowest BCUT2D eigenvalue weighted by Gasteiger charge is -1.95. The van der Waals surface area contributed by atoms with E-state index in [9.17, 15) is 4.39 Å². The van der Waals surface area contributed by atoms with Crippen LogP contribution in [0.1, 0.15) is 5.56 Å². The second-order valence-corrected chi connectivity index (χ2v) is 4.34. The number of anilines is 1. The molecule has 0 bridgehead atoms. The lowest BCUT2D eigenvalue weighted by molar-refractivity contribution is -0.360. The molecule has 2 aromatic rings. The van der Waals surface area contributed by atoms with Crippen molar-refractivity contribution in [3.63, 3.8) is 0 Å². The Kier molecular flexibility index (Phi) is 3.49. The predicted octanol–water partition coefficient (Wildman–Crippen LogP) is 2.74. The molecular formula is C12H10BrFN3+. The fraction of sp³-hybridized carbons (Fsp3) is 0. The molecule has 0 aliphatic heterocycles. The molecule has 0 saturated carbocycles. The molecule has 0 saturated heterocycles. The molecule has 5 heteroatoms. The third kappa shape index (κ3) is 3.10. The van der Waals surface area contributed by atoms with Gasteiger partial charge in [0.2, 0.25) is 0 Å². The summed E-state index contributed by atoms with van der Waals surface area (Å²) < 4.78 is 13.6. The van der Waals surface area contributed by atoms with Crippen LogP contribution in [0.5, 0.6) is 0 Å². The maximum absolute atomic E-state index is 12.7. The molecule has 0 atom stereocenters. The van der Waals surface area contributed by atoms with E-state index in [2.05, 4.69) is 25.9 Å². The monoisotopic (exact) mass is 294 g/mol. The molecule has 0 spiro atoms. The van der Waals surface area contributed by atoms with Gasteiger partial charge in [-0.2, -0.15) is 0 Å². The highest BCUT2D eigenvalue weighted by Gasteiger charge is 2.03. The van der Waals surface area contributed by atoms with Crippen molar-refractivity contribution in [3.05, 3.63) is 52.4 Å². The van der Waals surface area contributed by atoms with Gasteiger partial charge in [0.05, 0.1) is 4.47 Å². The number of hydrogen-bond donors (Lipinski definition) is 1. The number of pyridine rings is 1. The van der Waals surface area contributed by atoms with Gasteiger partial charge >= 0.3 is 0 Å². The molecule has 0 aliphatic rings. The first-order valence-electron chi connectivity index (χ1n) is 4.91. The Bertz CT molecular complexity index is 552. The van der Waals surface area contributed by atoms with Gasteiger partial charge in [-0.25, -0.2) is 14.4 Å². The van der Waals surface area contributed by atoms with E-state index in [-0.39, 0.29) is 5.82 Å². The molecule has 0 radical (unpaired) electrons. The van der Waals surface area contributed by atoms with Crippen LogP contribution in [0.15, 0.2) is 46.0 Å². The van der Waals surface area contributed by atoms with E-state index < -0.39 is 0 Å². The van der Waals surface area contributed by atoms with Crippen molar-refractivity contribution in [2.24, 2.45) is 4.99 Å². The molecule has 1 aromatic heterocycles. The van der Waals surface area contributed by atoms with Crippen molar-refractivity contribution >= 4 is 33.6 Å². The highest BCUT2D eigenvalue weighted by molar-refractivity contribution is 9.10. The Morgan fingerprint density at radius 3 is 2.71 bits per heavy atom. The molecule has 3 nitrogen and oxygen atoms in total. The highest BCUT2D eigenvalue weighted by Crippen LogP contribution is 2.20. The molecule has 1 heterocycles. The standard InChI is InChI=1S/C12H9BrFN3/c13-9-5-11(12(15)17-7-9)16-6-8-1-3-10(14)4-2-8/h1-7H,(H2,15,17)/p+1. The van der Waals surface area contributed by atoms with E-state index in [0.717, 1.165) is 10.0 Å². The van der Waals surface area contributed by atoms with Crippen molar-refractivity contribution < 1.29 is 9.37 Å². The average Bonchev–Trinajstić information content (AvgIpc) is 2.32. The van der Waals surface area contributed by atoms with Crippen LogP contribution in [0, 0.1) is 5.82 Å². The summed E-state index contributed by atoms with van der Waals surface area (Å²) in [6, 6.07) is 7.87. The van der Waals surface area contributed by atoms with Gasteiger partial charge in [-0.15, -0.1) is 0 Å². The minimum Gasteiger partial charge on any atom is -0.285 e. The van der Waals surface area contributed by atoms with E-state index in [1.54, 1.807) is 30.6 Å². The fourth-order valence-corrected chi connectivity index (χ4v) is 1.60. The number of hydrogen-bond acceptors (Lipinski definition) is 2. The third-order valence-electron chi connectivity index (χ3n) is 2.14. The maximum Gasteiger partial charge on any atom is 0.296 e. The quantitative estimate of drug-likeness (QED) is 0.851. The Balaban J connectivity index is 2.25. The molecule has 0 amide bonds. The van der Waals surface area contributed by atoms with Crippen LogP contribution in [0.25, 0.3) is 0 Å². The number of H-pyrrole nitrogens is 1. The first-order chi connectivity index (χ1) is 8.15. The smallest absolute Gasteiger partial charge is 0.285 e. The van der Waals surface area contributed by atoms with Crippen LogP contribution in [-0.4, -0.2) is 6.21 Å². The largest absolute Gasteiger partial charge is 0.296 e. The topological polar surface area (TPSA) is 52.5 Å². The highest BCUT2D eigenvalue weighted by atomic mass is 79.9. The number of aromatic nitrogens is 1. The van der Waals surface area contributed by atoms with E-state index in [1.807, 2.05) is 0 Å². The Labute approximate surface area is 106 Å². The van der Waals surface area contributed by atoms with Crippen molar-refractivity contribution in [2.75, 3.05) is 5.73 Å². The number of nitrogens with two attached hydrogens (primary N) is 1. The van der Waals surface area contributed by atoms with Crippen molar-refractivity contribution in [1.29, 1.82) is 0 Å². The summed E-state index contributed by atoms with van der Waals surface area (Å²) in [7, 11) is 0. The molecule has 0 aliphatic carbocycles. The lowest BCUT2D eigenvalue weighted by Crippen LogP contribution is -2.09. The number of benzene rings is 1. The lowest BCUT2D eigenvalue weighted by atomic mass is 10.2. The number of aliphatic imine (C=N–C) groups is 1. The summed E-state index contributed by atoms with van der Waals surface area (Å²) in [4.78, 5) is 7.10. The summed E-state index contributed by atoms with van der Waals surface area (Å²) in [6.45, 7) is 0. The fourth-order valence-electron chi connectivity index (χ4n) is 1.27. The van der Waals surface area contributed by atoms with Crippen LogP contribution >= 0.6 is 15.9 Å². The van der Waals surface area contributed by atoms with Crippen LogP contribution in [0.4, 0.5) is 15.9 Å². The Morgan fingerprint density at radius 1 is 1.29 bits per heavy atom. The third-order valence-corrected chi connectivity index (χ3v) is 2.60. The van der Waals surface area contributed by atoms with Gasteiger partial charge in [-0.05, 0) is 39.7 Å². The summed E-state index contributed by atoms with van der Waals surface area (Å²) in [6.07, 6.45) is 3.36. The summed E-state index contributed by atoms with van der Waals surface area (Å²) in [5.41, 5.74) is 7.17. The van der Waals surface area contributed by atoms with Gasteiger partial charge in [0, 0.05) is 6.21 Å². The summed E-state index contributed by atoms with van der Waals surface area (Å²) in [5.74, 6) is 0.212. The van der Waals surface area contributed by atoms with Crippen LogP contribution in [0.2, 0.25) is 0 Å². The van der Waals surface area contributed by atoms with Gasteiger partial charge < -0.3 is 0 Å². The van der Waals surface area contributed by atoms with Crippen molar-refractivity contribution in [3.8, 4) is 0 Å². The Hall–Kier alpha value is -1.75. The van der Waals surface area contributed by atoms with Gasteiger partial charge in [-0.3, -0.25) is 5.73 Å². The predicted molar refractivity (Wildman–Crippen MR) is 68.8 cm³/mol. The zero-order chi connectivity index (χ0) is 12.3. The van der Waals surface area contributed by atoms with Gasteiger partial charge in [0.1, 0.15) is 12.0 Å². The average molecular weight is 295 g/mol. The molecule has 86 valence electrons. The molecule has 3 N–H and O–H groups in total. The summed E-state index contributed by atoms with van der Waals surface area (Å²) in [5, 5.41) is 0. The first-order valence-corrected chi connectivity index (χ1v) is 5.71. The summed E-state index contributed by atoms with van der Waals surface area (Å²) >= 11 is 3.32. The van der Waals surface area contributed by atoms with E-state index in [1.165, 1.54) is 12.1 Å².